The van der Waals surface area contributed by atoms with E-state index in [1.165, 1.54) is 0 Å². The molecule has 3 atom stereocenters. The van der Waals surface area contributed by atoms with E-state index in [2.05, 4.69) is 5.32 Å². The van der Waals surface area contributed by atoms with Crippen molar-refractivity contribution < 1.29 is 13.2 Å². The number of benzene rings is 1. The lowest BCUT2D eigenvalue weighted by Crippen LogP contribution is -2.58. The van der Waals surface area contributed by atoms with Gasteiger partial charge in [0.25, 0.3) is 0 Å². The van der Waals surface area contributed by atoms with Crippen LogP contribution in [0.2, 0.25) is 0 Å². The van der Waals surface area contributed by atoms with Gasteiger partial charge in [0.2, 0.25) is 15.9 Å². The van der Waals surface area contributed by atoms with Crippen LogP contribution in [0.5, 0.6) is 0 Å². The van der Waals surface area contributed by atoms with Gasteiger partial charge in [0.05, 0.1) is 11.7 Å². The number of anilines is 1. The molecule has 0 aromatic heterocycles. The highest BCUT2D eigenvalue weighted by molar-refractivity contribution is 7.89. The normalized spacial score (nSPS) is 26.6. The van der Waals surface area contributed by atoms with Crippen molar-refractivity contribution in [2.24, 2.45) is 11.8 Å². The highest BCUT2D eigenvalue weighted by Gasteiger charge is 2.47. The van der Waals surface area contributed by atoms with Gasteiger partial charge in [-0.25, -0.2) is 8.42 Å². The van der Waals surface area contributed by atoms with Crippen LogP contribution < -0.4 is 5.32 Å². The molecule has 138 valence electrons. The zero-order valence-electron chi connectivity index (χ0n) is 15.1. The molecule has 0 spiro atoms. The first-order valence-corrected chi connectivity index (χ1v) is 10.9. The SMILES string of the molecule is CCCCS(=O)(=O)N1CC2CCC1C(C(=O)Nc1ccc(C)cc1)C2. The average Bonchev–Trinajstić information content (AvgIpc) is 2.62. The number of carbonyl (C=O) groups is 1. The Morgan fingerprint density at radius 1 is 1.24 bits per heavy atom. The highest BCUT2D eigenvalue weighted by atomic mass is 32.2. The summed E-state index contributed by atoms with van der Waals surface area (Å²) in [6, 6.07) is 7.53. The van der Waals surface area contributed by atoms with Crippen molar-refractivity contribution in [1.82, 2.24) is 4.31 Å². The summed E-state index contributed by atoms with van der Waals surface area (Å²) >= 11 is 0. The minimum Gasteiger partial charge on any atom is -0.326 e. The van der Waals surface area contributed by atoms with Crippen molar-refractivity contribution in [3.05, 3.63) is 29.8 Å². The number of sulfonamides is 1. The third-order valence-electron chi connectivity index (χ3n) is 5.50. The first-order valence-electron chi connectivity index (χ1n) is 9.27. The molecule has 3 unspecified atom stereocenters. The molecular formula is C19H28N2O3S. The summed E-state index contributed by atoms with van der Waals surface area (Å²) < 4.78 is 27.0. The monoisotopic (exact) mass is 364 g/mol. The molecule has 5 nitrogen and oxygen atoms in total. The molecule has 1 saturated carbocycles. The summed E-state index contributed by atoms with van der Waals surface area (Å²) in [4.78, 5) is 12.8. The number of unbranched alkanes of at least 4 members (excludes halogenated alkanes) is 1. The maximum absolute atomic E-state index is 12.8. The molecule has 1 aromatic rings. The topological polar surface area (TPSA) is 66.5 Å². The second kappa shape index (κ2) is 7.46. The van der Waals surface area contributed by atoms with Gasteiger partial charge in [0, 0.05) is 18.3 Å². The molecule has 2 heterocycles. The average molecular weight is 365 g/mol. The Morgan fingerprint density at radius 3 is 2.60 bits per heavy atom. The maximum Gasteiger partial charge on any atom is 0.229 e. The largest absolute Gasteiger partial charge is 0.326 e. The first-order chi connectivity index (χ1) is 11.9. The van der Waals surface area contributed by atoms with E-state index in [9.17, 15) is 13.2 Å². The Morgan fingerprint density at radius 2 is 1.96 bits per heavy atom. The van der Waals surface area contributed by atoms with Crippen molar-refractivity contribution in [1.29, 1.82) is 0 Å². The maximum atomic E-state index is 12.8. The zero-order chi connectivity index (χ0) is 18.0. The smallest absolute Gasteiger partial charge is 0.229 e. The summed E-state index contributed by atoms with van der Waals surface area (Å²) in [5, 5.41) is 2.98. The fourth-order valence-corrected chi connectivity index (χ4v) is 6.05. The van der Waals surface area contributed by atoms with E-state index >= 15 is 0 Å². The molecule has 3 aliphatic rings. The Hall–Kier alpha value is -1.40. The molecule has 2 aliphatic heterocycles. The van der Waals surface area contributed by atoms with Gasteiger partial charge >= 0.3 is 0 Å². The van der Waals surface area contributed by atoms with E-state index in [-0.39, 0.29) is 23.6 Å². The second-order valence-corrected chi connectivity index (χ2v) is 9.49. The van der Waals surface area contributed by atoms with Gasteiger partial charge in [-0.05, 0) is 50.7 Å². The molecule has 3 fully saturated rings. The van der Waals surface area contributed by atoms with Crippen molar-refractivity contribution >= 4 is 21.6 Å². The fraction of sp³-hybridized carbons (Fsp3) is 0.632. The van der Waals surface area contributed by atoms with E-state index < -0.39 is 10.0 Å². The minimum atomic E-state index is -3.27. The third kappa shape index (κ3) is 4.06. The van der Waals surface area contributed by atoms with Gasteiger partial charge < -0.3 is 5.32 Å². The lowest BCUT2D eigenvalue weighted by Gasteiger charge is -2.48. The number of nitrogens with zero attached hydrogens (tertiary/aromatic N) is 1. The van der Waals surface area contributed by atoms with Crippen LogP contribution >= 0.6 is 0 Å². The summed E-state index contributed by atoms with van der Waals surface area (Å²) in [7, 11) is -3.27. The van der Waals surface area contributed by atoms with Gasteiger partial charge in [-0.15, -0.1) is 0 Å². The van der Waals surface area contributed by atoms with Crippen LogP contribution in [0, 0.1) is 18.8 Å². The summed E-state index contributed by atoms with van der Waals surface area (Å²) in [5.74, 6) is 0.202. The number of aryl methyl sites for hydroxylation is 1. The second-order valence-electron chi connectivity index (χ2n) is 7.45. The Labute approximate surface area is 150 Å². The molecule has 2 bridgehead atoms. The first kappa shape index (κ1) is 18.4. The molecule has 0 radical (unpaired) electrons. The van der Waals surface area contributed by atoms with Crippen molar-refractivity contribution in [2.75, 3.05) is 17.6 Å². The fourth-order valence-electron chi connectivity index (χ4n) is 4.06. The van der Waals surface area contributed by atoms with Crippen LogP contribution in [0.15, 0.2) is 24.3 Å². The molecule has 1 amide bonds. The quantitative estimate of drug-likeness (QED) is 0.843. The number of fused-ring (bicyclic) bond motifs is 3. The number of nitrogens with one attached hydrogen (secondary N) is 1. The van der Waals surface area contributed by atoms with Crippen LogP contribution in [0.1, 0.15) is 44.6 Å². The minimum absolute atomic E-state index is 0.0473. The number of piperidine rings is 2. The van der Waals surface area contributed by atoms with Crippen molar-refractivity contribution in [3.63, 3.8) is 0 Å². The number of hydrogen-bond donors (Lipinski definition) is 1. The predicted molar refractivity (Wildman–Crippen MR) is 99.8 cm³/mol. The van der Waals surface area contributed by atoms with E-state index in [0.29, 0.717) is 18.9 Å². The third-order valence-corrected chi connectivity index (χ3v) is 7.44. The Balaban J connectivity index is 1.73. The predicted octanol–water partition coefficient (Wildman–Crippen LogP) is 3.16. The van der Waals surface area contributed by atoms with Crippen LogP contribution in [0.3, 0.4) is 0 Å². The van der Waals surface area contributed by atoms with Gasteiger partial charge in [-0.1, -0.05) is 31.0 Å². The zero-order valence-corrected chi connectivity index (χ0v) is 15.9. The van der Waals surface area contributed by atoms with Gasteiger partial charge in [0.1, 0.15) is 0 Å². The van der Waals surface area contributed by atoms with E-state index in [4.69, 9.17) is 0 Å². The standard InChI is InChI=1S/C19H28N2O3S/c1-3-4-11-25(23,24)21-13-15-7-10-18(21)17(12-15)19(22)20-16-8-5-14(2)6-9-16/h5-6,8-9,15,17-18H,3-4,7,10-13H2,1-2H3,(H,20,22). The molecular weight excluding hydrogens is 336 g/mol. The summed E-state index contributed by atoms with van der Waals surface area (Å²) in [6.45, 7) is 4.59. The van der Waals surface area contributed by atoms with Gasteiger partial charge in [-0.3, -0.25) is 4.79 Å². The van der Waals surface area contributed by atoms with Crippen molar-refractivity contribution in [3.8, 4) is 0 Å². The molecule has 1 N–H and O–H groups in total. The highest BCUT2D eigenvalue weighted by Crippen LogP contribution is 2.41. The number of rotatable bonds is 6. The Bertz CT molecular complexity index is 715. The van der Waals surface area contributed by atoms with Crippen LogP contribution in [-0.4, -0.2) is 37.0 Å². The molecule has 25 heavy (non-hydrogen) atoms. The van der Waals surface area contributed by atoms with Crippen LogP contribution in [0.4, 0.5) is 5.69 Å². The molecule has 1 aromatic carbocycles. The number of amides is 1. The summed E-state index contributed by atoms with van der Waals surface area (Å²) in [6.07, 6.45) is 4.15. The summed E-state index contributed by atoms with van der Waals surface area (Å²) in [5.41, 5.74) is 1.92. The Kier molecular flexibility index (Phi) is 5.49. The van der Waals surface area contributed by atoms with E-state index in [1.54, 1.807) is 4.31 Å². The van der Waals surface area contributed by atoms with E-state index in [1.807, 2.05) is 38.1 Å². The van der Waals surface area contributed by atoms with E-state index in [0.717, 1.165) is 36.9 Å². The molecule has 1 aliphatic carbocycles. The lowest BCUT2D eigenvalue weighted by atomic mass is 9.73. The number of carbonyl (C=O) groups excluding carboxylic acids is 1. The lowest BCUT2D eigenvalue weighted by molar-refractivity contribution is -0.125. The van der Waals surface area contributed by atoms with Crippen LogP contribution in [0.25, 0.3) is 0 Å². The van der Waals surface area contributed by atoms with Crippen LogP contribution in [-0.2, 0) is 14.8 Å². The molecule has 2 saturated heterocycles. The molecule has 6 heteroatoms. The number of hydrogen-bond acceptors (Lipinski definition) is 3. The van der Waals surface area contributed by atoms with Crippen molar-refractivity contribution in [2.45, 2.75) is 52.0 Å². The van der Waals surface area contributed by atoms with Gasteiger partial charge in [-0.2, -0.15) is 4.31 Å². The van der Waals surface area contributed by atoms with Gasteiger partial charge in [0.15, 0.2) is 0 Å². The molecule has 4 rings (SSSR count).